The number of sulfonamides is 1. The van der Waals surface area contributed by atoms with Crippen molar-refractivity contribution in [2.75, 3.05) is 37.9 Å². The molecule has 2 aromatic carbocycles. The van der Waals surface area contributed by atoms with Crippen LogP contribution >= 0.6 is 0 Å². The van der Waals surface area contributed by atoms with Crippen molar-refractivity contribution in [3.05, 3.63) is 59.7 Å². The largest absolute Gasteiger partial charge is 0.463 e. The van der Waals surface area contributed by atoms with Crippen LogP contribution in [-0.4, -0.2) is 51.8 Å². The minimum atomic E-state index is -3.61. The average molecular weight is 446 g/mol. The highest BCUT2D eigenvalue weighted by Crippen LogP contribution is 2.22. The summed E-state index contributed by atoms with van der Waals surface area (Å²) in [5, 5.41) is 5.70. The van der Waals surface area contributed by atoms with E-state index in [1.807, 2.05) is 0 Å². The number of rotatable bonds is 9. The van der Waals surface area contributed by atoms with Gasteiger partial charge in [0.05, 0.1) is 18.0 Å². The molecule has 31 heavy (non-hydrogen) atoms. The molecule has 8 nitrogen and oxygen atoms in total. The molecule has 0 spiro atoms. The van der Waals surface area contributed by atoms with Crippen LogP contribution in [0.2, 0.25) is 0 Å². The minimum Gasteiger partial charge on any atom is -0.463 e. The molecule has 0 unspecified atom stereocenters. The van der Waals surface area contributed by atoms with Gasteiger partial charge in [-0.05, 0) is 55.3 Å². The van der Waals surface area contributed by atoms with Gasteiger partial charge in [0, 0.05) is 31.5 Å². The Morgan fingerprint density at radius 3 is 2.32 bits per heavy atom. The molecule has 0 saturated carbocycles. The molecule has 0 bridgehead atoms. The Morgan fingerprint density at radius 2 is 1.71 bits per heavy atom. The zero-order valence-corrected chi connectivity index (χ0v) is 18.8. The Morgan fingerprint density at radius 1 is 1.06 bits per heavy atom. The first-order valence-electron chi connectivity index (χ1n) is 9.65. The van der Waals surface area contributed by atoms with Crippen molar-refractivity contribution in [3.8, 4) is 0 Å². The number of nitrogens with zero attached hydrogens (tertiary/aromatic N) is 1. The number of esters is 1. The summed E-state index contributed by atoms with van der Waals surface area (Å²) in [5.41, 5.74) is 2.54. The first kappa shape index (κ1) is 24.1. The van der Waals surface area contributed by atoms with E-state index in [-0.39, 0.29) is 17.3 Å². The van der Waals surface area contributed by atoms with Crippen LogP contribution in [0.4, 0.5) is 11.4 Å². The van der Waals surface area contributed by atoms with Crippen LogP contribution in [0.15, 0.2) is 53.4 Å². The van der Waals surface area contributed by atoms with Crippen LogP contribution in [0.25, 0.3) is 6.08 Å². The fourth-order valence-electron chi connectivity index (χ4n) is 2.61. The Hall–Kier alpha value is -3.17. The van der Waals surface area contributed by atoms with Gasteiger partial charge in [0.2, 0.25) is 15.9 Å². The zero-order valence-electron chi connectivity index (χ0n) is 18.0. The smallest absolute Gasteiger partial charge is 0.330 e. The number of ether oxygens (including phenoxy) is 1. The second-order valence-corrected chi connectivity index (χ2v) is 9.00. The molecule has 0 aliphatic rings. The molecule has 0 fully saturated rings. The minimum absolute atomic E-state index is 0.00164. The van der Waals surface area contributed by atoms with E-state index in [4.69, 9.17) is 4.74 Å². The van der Waals surface area contributed by atoms with Crippen molar-refractivity contribution in [2.24, 2.45) is 0 Å². The number of amides is 1. The van der Waals surface area contributed by atoms with Gasteiger partial charge in [-0.3, -0.25) is 4.79 Å². The third kappa shape index (κ3) is 6.94. The van der Waals surface area contributed by atoms with Gasteiger partial charge in [0.25, 0.3) is 0 Å². The Bertz CT molecular complexity index is 1060. The van der Waals surface area contributed by atoms with Crippen LogP contribution < -0.4 is 10.6 Å². The van der Waals surface area contributed by atoms with Gasteiger partial charge in [0.15, 0.2) is 0 Å². The lowest BCUT2D eigenvalue weighted by molar-refractivity contribution is -0.137. The number of benzene rings is 2. The predicted octanol–water partition coefficient (Wildman–Crippen LogP) is 2.87. The monoisotopic (exact) mass is 445 g/mol. The molecular formula is C22H27N3O5S. The molecule has 2 aromatic rings. The first-order valence-corrected chi connectivity index (χ1v) is 11.1. The summed E-state index contributed by atoms with van der Waals surface area (Å²) < 4.78 is 30.8. The van der Waals surface area contributed by atoms with Gasteiger partial charge in [0.1, 0.15) is 0 Å². The molecule has 0 aliphatic heterocycles. The fraction of sp³-hybridized carbons (Fsp3) is 0.273. The Kier molecular flexibility index (Phi) is 8.35. The molecular weight excluding hydrogens is 418 g/mol. The number of hydrogen-bond donors (Lipinski definition) is 2. The summed E-state index contributed by atoms with van der Waals surface area (Å²) in [5.74, 6) is -0.720. The summed E-state index contributed by atoms with van der Waals surface area (Å²) in [4.78, 5) is 23.8. The highest BCUT2D eigenvalue weighted by molar-refractivity contribution is 7.89. The van der Waals surface area contributed by atoms with E-state index >= 15 is 0 Å². The molecule has 0 atom stereocenters. The predicted molar refractivity (Wildman–Crippen MR) is 121 cm³/mol. The van der Waals surface area contributed by atoms with Crippen molar-refractivity contribution in [2.45, 2.75) is 18.7 Å². The normalized spacial score (nSPS) is 11.5. The number of aryl methyl sites for hydroxylation is 1. The molecule has 0 aromatic heterocycles. The second kappa shape index (κ2) is 10.7. The quantitative estimate of drug-likeness (QED) is 0.454. The van der Waals surface area contributed by atoms with Crippen molar-refractivity contribution in [3.63, 3.8) is 0 Å². The lowest BCUT2D eigenvalue weighted by Gasteiger charge is -2.15. The molecule has 1 amide bonds. The second-order valence-electron chi connectivity index (χ2n) is 6.88. The fourth-order valence-corrected chi connectivity index (χ4v) is 3.75. The maximum atomic E-state index is 12.4. The number of nitrogens with one attached hydrogen (secondary N) is 2. The van der Waals surface area contributed by atoms with E-state index in [9.17, 15) is 18.0 Å². The average Bonchev–Trinajstić information content (AvgIpc) is 2.73. The van der Waals surface area contributed by atoms with Crippen LogP contribution in [-0.2, 0) is 24.3 Å². The van der Waals surface area contributed by atoms with Crippen LogP contribution in [0.3, 0.4) is 0 Å². The first-order chi connectivity index (χ1) is 14.6. The molecule has 0 heterocycles. The lowest BCUT2D eigenvalue weighted by atomic mass is 10.2. The van der Waals surface area contributed by atoms with Gasteiger partial charge in [-0.2, -0.15) is 0 Å². The Labute approximate surface area is 183 Å². The maximum absolute atomic E-state index is 12.4. The van der Waals surface area contributed by atoms with E-state index in [1.54, 1.807) is 56.3 Å². The third-order valence-electron chi connectivity index (χ3n) is 4.29. The molecule has 166 valence electrons. The van der Waals surface area contributed by atoms with Gasteiger partial charge >= 0.3 is 5.97 Å². The number of anilines is 2. The van der Waals surface area contributed by atoms with Gasteiger partial charge < -0.3 is 15.4 Å². The molecule has 0 radical (unpaired) electrons. The highest BCUT2D eigenvalue weighted by atomic mass is 32.2. The highest BCUT2D eigenvalue weighted by Gasteiger charge is 2.20. The van der Waals surface area contributed by atoms with E-state index in [1.165, 1.54) is 26.2 Å². The van der Waals surface area contributed by atoms with Gasteiger partial charge in [-0.25, -0.2) is 17.5 Å². The van der Waals surface area contributed by atoms with Crippen molar-refractivity contribution < 1.29 is 22.7 Å². The zero-order chi connectivity index (χ0) is 23.0. The molecule has 0 aliphatic carbocycles. The molecule has 2 N–H and O–H groups in total. The summed E-state index contributed by atoms with van der Waals surface area (Å²) in [6.45, 7) is 3.77. The van der Waals surface area contributed by atoms with Crippen LogP contribution in [0.1, 0.15) is 18.1 Å². The van der Waals surface area contributed by atoms with Crippen LogP contribution in [0.5, 0.6) is 0 Å². The van der Waals surface area contributed by atoms with Gasteiger partial charge in [-0.15, -0.1) is 0 Å². The lowest BCUT2D eigenvalue weighted by Crippen LogP contribution is -2.24. The van der Waals surface area contributed by atoms with Crippen molar-refractivity contribution in [1.29, 1.82) is 0 Å². The topological polar surface area (TPSA) is 105 Å². The number of carbonyl (C=O) groups is 2. The summed E-state index contributed by atoms with van der Waals surface area (Å²) in [7, 11) is -0.687. The summed E-state index contributed by atoms with van der Waals surface area (Å²) >= 11 is 0. The third-order valence-corrected chi connectivity index (χ3v) is 6.25. The van der Waals surface area contributed by atoms with E-state index in [0.717, 1.165) is 15.6 Å². The van der Waals surface area contributed by atoms with Crippen LogP contribution in [0, 0.1) is 6.92 Å². The molecule has 2 rings (SSSR count). The van der Waals surface area contributed by atoms with Crippen molar-refractivity contribution in [1.82, 2.24) is 4.31 Å². The van der Waals surface area contributed by atoms with E-state index in [0.29, 0.717) is 17.9 Å². The molecule has 9 heteroatoms. The maximum Gasteiger partial charge on any atom is 0.330 e. The summed E-state index contributed by atoms with van der Waals surface area (Å²) in [6.07, 6.45) is 3.00. The SMILES string of the molecule is CCOC(=O)/C=C/c1ccc(NCC(=O)Nc2ccc(C)c(S(=O)(=O)N(C)C)c2)cc1. The van der Waals surface area contributed by atoms with E-state index in [2.05, 4.69) is 10.6 Å². The van der Waals surface area contributed by atoms with Gasteiger partial charge in [-0.1, -0.05) is 18.2 Å². The summed E-state index contributed by atoms with van der Waals surface area (Å²) in [6, 6.07) is 11.9. The number of hydrogen-bond acceptors (Lipinski definition) is 6. The molecule has 0 saturated heterocycles. The van der Waals surface area contributed by atoms with Crippen molar-refractivity contribution >= 4 is 39.4 Å². The standard InChI is InChI=1S/C22H27N3O5S/c1-5-30-22(27)13-9-17-7-11-18(12-8-17)23-15-21(26)24-19-10-6-16(2)20(14-19)31(28,29)25(3)4/h6-14,23H,5,15H2,1-4H3,(H,24,26)/b13-9+. The van der Waals surface area contributed by atoms with E-state index < -0.39 is 16.0 Å². The number of carbonyl (C=O) groups excluding carboxylic acids is 2. The Balaban J connectivity index is 1.96.